The third kappa shape index (κ3) is 4.58. The van der Waals surface area contributed by atoms with Crippen LogP contribution in [0.1, 0.15) is 31.4 Å². The molecule has 0 unspecified atom stereocenters. The summed E-state index contributed by atoms with van der Waals surface area (Å²) in [6.45, 7) is 0.954. The van der Waals surface area contributed by atoms with E-state index in [-0.39, 0.29) is 5.91 Å². The van der Waals surface area contributed by atoms with Gasteiger partial charge in [-0.1, -0.05) is 18.9 Å². The first kappa shape index (κ1) is 14.5. The molecule has 0 atom stereocenters. The van der Waals surface area contributed by atoms with Gasteiger partial charge in [0.2, 0.25) is 5.91 Å². The van der Waals surface area contributed by atoms with Crippen LogP contribution in [0.15, 0.2) is 22.8 Å². The van der Waals surface area contributed by atoms with Crippen LogP contribution in [0.5, 0.6) is 0 Å². The van der Waals surface area contributed by atoms with E-state index in [1.54, 1.807) is 0 Å². The van der Waals surface area contributed by atoms with Gasteiger partial charge in [0.25, 0.3) is 0 Å². The minimum absolute atomic E-state index is 0.0659. The van der Waals surface area contributed by atoms with E-state index in [0.29, 0.717) is 19.1 Å². The minimum Gasteiger partial charge on any atom is -0.349 e. The lowest BCUT2D eigenvalue weighted by atomic mass is 10.2. The highest BCUT2D eigenvalue weighted by Crippen LogP contribution is 2.21. The van der Waals surface area contributed by atoms with Crippen LogP contribution in [0, 0.1) is 0 Å². The molecule has 104 valence electrons. The van der Waals surface area contributed by atoms with Gasteiger partial charge in [0.05, 0.1) is 18.8 Å². The van der Waals surface area contributed by atoms with Gasteiger partial charge in [-0.05, 0) is 48.0 Å². The van der Waals surface area contributed by atoms with Crippen molar-refractivity contribution in [3.63, 3.8) is 0 Å². The van der Waals surface area contributed by atoms with E-state index in [2.05, 4.69) is 31.1 Å². The molecule has 1 saturated carbocycles. The van der Waals surface area contributed by atoms with E-state index in [4.69, 9.17) is 0 Å². The van der Waals surface area contributed by atoms with Gasteiger partial charge in [-0.2, -0.15) is 0 Å². The number of pyridine rings is 1. The minimum atomic E-state index is 0.0659. The first-order valence-electron chi connectivity index (χ1n) is 6.73. The lowest BCUT2D eigenvalue weighted by Gasteiger charge is -2.23. The lowest BCUT2D eigenvalue weighted by molar-refractivity contribution is -0.122. The summed E-state index contributed by atoms with van der Waals surface area (Å²) in [5, 5.41) is 2.92. The highest BCUT2D eigenvalue weighted by Gasteiger charge is 2.20. The largest absolute Gasteiger partial charge is 0.349 e. The summed E-state index contributed by atoms with van der Waals surface area (Å²) in [4.78, 5) is 18.3. The Labute approximate surface area is 122 Å². The number of likely N-dealkylation sites (N-methyl/N-ethyl adjacent to an activating group) is 1. The van der Waals surface area contributed by atoms with E-state index in [1.807, 2.05) is 25.2 Å². The molecule has 0 bridgehead atoms. The molecule has 1 heterocycles. The van der Waals surface area contributed by atoms with Gasteiger partial charge < -0.3 is 5.32 Å². The van der Waals surface area contributed by atoms with Gasteiger partial charge >= 0.3 is 0 Å². The van der Waals surface area contributed by atoms with Crippen molar-refractivity contribution in [3.05, 3.63) is 28.5 Å². The van der Waals surface area contributed by atoms with Crippen LogP contribution in [-0.4, -0.2) is 35.4 Å². The van der Waals surface area contributed by atoms with Crippen molar-refractivity contribution in [2.45, 2.75) is 38.3 Å². The topological polar surface area (TPSA) is 45.2 Å². The maximum Gasteiger partial charge on any atom is 0.234 e. The molecular formula is C14H20BrN3O. The fourth-order valence-corrected chi connectivity index (χ4v) is 2.87. The number of carbonyl (C=O) groups excluding carboxylic acids is 1. The molecule has 0 saturated heterocycles. The highest BCUT2D eigenvalue weighted by molar-refractivity contribution is 9.10. The van der Waals surface area contributed by atoms with Crippen molar-refractivity contribution in [2.75, 3.05) is 13.6 Å². The molecule has 1 aliphatic carbocycles. The van der Waals surface area contributed by atoms with Crippen LogP contribution in [-0.2, 0) is 11.3 Å². The van der Waals surface area contributed by atoms with Crippen molar-refractivity contribution in [1.82, 2.24) is 15.2 Å². The van der Waals surface area contributed by atoms with Crippen LogP contribution in [0.25, 0.3) is 0 Å². The number of aromatic nitrogens is 1. The predicted molar refractivity (Wildman–Crippen MR) is 78.7 cm³/mol. The van der Waals surface area contributed by atoms with Crippen LogP contribution in [0.2, 0.25) is 0 Å². The zero-order chi connectivity index (χ0) is 13.7. The molecule has 0 aliphatic heterocycles. The molecule has 5 heteroatoms. The number of hydrogen-bond donors (Lipinski definition) is 1. The summed E-state index contributed by atoms with van der Waals surface area (Å²) in [6, 6.07) is 6.28. The van der Waals surface area contributed by atoms with Crippen LogP contribution in [0.3, 0.4) is 0 Å². The van der Waals surface area contributed by atoms with Crippen molar-refractivity contribution in [3.8, 4) is 0 Å². The number of carbonyl (C=O) groups is 1. The van der Waals surface area contributed by atoms with E-state index in [1.165, 1.54) is 25.7 Å². The predicted octanol–water partition coefficient (Wildman–Crippen LogP) is 2.33. The molecule has 4 nitrogen and oxygen atoms in total. The Morgan fingerprint density at radius 2 is 2.21 bits per heavy atom. The highest BCUT2D eigenvalue weighted by atomic mass is 79.9. The van der Waals surface area contributed by atoms with E-state index >= 15 is 0 Å². The molecule has 0 spiro atoms. The molecule has 1 amide bonds. The molecular weight excluding hydrogens is 306 g/mol. The SMILES string of the molecule is CN(CC(=O)NCc1cccc(Br)n1)C1CCCC1. The standard InChI is InChI=1S/C14H20BrN3O/c1-18(12-6-2-3-7-12)10-14(19)16-9-11-5-4-8-13(15)17-11/h4-5,8,12H,2-3,6-7,9-10H2,1H3,(H,16,19). The molecule has 1 aliphatic rings. The molecule has 0 radical (unpaired) electrons. The second kappa shape index (κ2) is 7.01. The Morgan fingerprint density at radius 1 is 1.47 bits per heavy atom. The number of nitrogens with one attached hydrogen (secondary N) is 1. The summed E-state index contributed by atoms with van der Waals surface area (Å²) < 4.78 is 0.794. The van der Waals surface area contributed by atoms with Crippen molar-refractivity contribution >= 4 is 21.8 Å². The third-order valence-corrected chi connectivity index (χ3v) is 4.02. The average Bonchev–Trinajstić information content (AvgIpc) is 2.90. The van der Waals surface area contributed by atoms with E-state index < -0.39 is 0 Å². The molecule has 0 aromatic carbocycles. The van der Waals surface area contributed by atoms with Crippen LogP contribution >= 0.6 is 15.9 Å². The van der Waals surface area contributed by atoms with Crippen molar-refractivity contribution < 1.29 is 4.79 Å². The average molecular weight is 326 g/mol. The first-order valence-corrected chi connectivity index (χ1v) is 7.53. The van der Waals surface area contributed by atoms with Gasteiger partial charge in [-0.25, -0.2) is 4.98 Å². The fraction of sp³-hybridized carbons (Fsp3) is 0.571. The molecule has 1 fully saturated rings. The molecule has 2 rings (SSSR count). The van der Waals surface area contributed by atoms with Crippen LogP contribution in [0.4, 0.5) is 0 Å². The third-order valence-electron chi connectivity index (χ3n) is 3.58. The van der Waals surface area contributed by atoms with Gasteiger partial charge in [-0.3, -0.25) is 9.69 Å². The molecule has 1 N–H and O–H groups in total. The van der Waals surface area contributed by atoms with E-state index in [9.17, 15) is 4.79 Å². The number of amides is 1. The maximum atomic E-state index is 11.9. The maximum absolute atomic E-state index is 11.9. The van der Waals surface area contributed by atoms with Gasteiger partial charge in [0.1, 0.15) is 4.60 Å². The fourth-order valence-electron chi connectivity index (χ4n) is 2.49. The summed E-state index contributed by atoms with van der Waals surface area (Å²) in [5.41, 5.74) is 0.867. The first-order chi connectivity index (χ1) is 9.15. The summed E-state index contributed by atoms with van der Waals surface area (Å²) >= 11 is 3.32. The zero-order valence-electron chi connectivity index (χ0n) is 11.2. The van der Waals surface area contributed by atoms with Crippen molar-refractivity contribution in [1.29, 1.82) is 0 Å². The summed E-state index contributed by atoms with van der Waals surface area (Å²) in [5.74, 6) is 0.0659. The normalized spacial score (nSPS) is 15.9. The van der Waals surface area contributed by atoms with E-state index in [0.717, 1.165) is 10.3 Å². The Kier molecular flexibility index (Phi) is 5.34. The zero-order valence-corrected chi connectivity index (χ0v) is 12.8. The quantitative estimate of drug-likeness (QED) is 0.845. The van der Waals surface area contributed by atoms with Gasteiger partial charge in [0.15, 0.2) is 0 Å². The Morgan fingerprint density at radius 3 is 2.89 bits per heavy atom. The second-order valence-corrected chi connectivity index (χ2v) is 5.89. The van der Waals surface area contributed by atoms with Crippen LogP contribution < -0.4 is 5.32 Å². The summed E-state index contributed by atoms with van der Waals surface area (Å²) in [7, 11) is 2.03. The number of rotatable bonds is 5. The number of halogens is 1. The van der Waals surface area contributed by atoms with Gasteiger partial charge in [-0.15, -0.1) is 0 Å². The molecule has 1 aromatic rings. The Bertz CT molecular complexity index is 432. The monoisotopic (exact) mass is 325 g/mol. The molecule has 1 aromatic heterocycles. The number of nitrogens with zero attached hydrogens (tertiary/aromatic N) is 2. The molecule has 19 heavy (non-hydrogen) atoms. The summed E-state index contributed by atoms with van der Waals surface area (Å²) in [6.07, 6.45) is 5.02. The Hall–Kier alpha value is -0.940. The van der Waals surface area contributed by atoms with Crippen molar-refractivity contribution in [2.24, 2.45) is 0 Å². The van der Waals surface area contributed by atoms with Gasteiger partial charge in [0, 0.05) is 6.04 Å². The number of hydrogen-bond acceptors (Lipinski definition) is 3. The Balaban J connectivity index is 1.75. The lowest BCUT2D eigenvalue weighted by Crippen LogP contribution is -2.39. The smallest absolute Gasteiger partial charge is 0.234 e. The second-order valence-electron chi connectivity index (χ2n) is 5.08.